The van der Waals surface area contributed by atoms with Gasteiger partial charge in [0.1, 0.15) is 6.67 Å². The molecule has 1 aliphatic rings. The SMILES string of the molecule is CN(C)C1CCCN(CCF)CC1. The lowest BCUT2D eigenvalue weighted by molar-refractivity contribution is 0.237. The van der Waals surface area contributed by atoms with E-state index < -0.39 is 0 Å². The van der Waals surface area contributed by atoms with Gasteiger partial charge in [-0.3, -0.25) is 0 Å². The fourth-order valence-corrected chi connectivity index (χ4v) is 2.00. The number of hydrogen-bond acceptors (Lipinski definition) is 2. The molecule has 0 saturated carbocycles. The lowest BCUT2D eigenvalue weighted by Crippen LogP contribution is -2.30. The van der Waals surface area contributed by atoms with Gasteiger partial charge in [-0.15, -0.1) is 0 Å². The zero-order valence-corrected chi connectivity index (χ0v) is 8.80. The first-order valence-electron chi connectivity index (χ1n) is 5.19. The van der Waals surface area contributed by atoms with Crippen LogP contribution in [0.3, 0.4) is 0 Å². The van der Waals surface area contributed by atoms with E-state index >= 15 is 0 Å². The molecule has 1 aliphatic heterocycles. The molecule has 1 saturated heterocycles. The summed E-state index contributed by atoms with van der Waals surface area (Å²) in [6.07, 6.45) is 3.66. The van der Waals surface area contributed by atoms with Crippen molar-refractivity contribution in [1.82, 2.24) is 9.80 Å². The Labute approximate surface area is 80.7 Å². The van der Waals surface area contributed by atoms with Crippen molar-refractivity contribution in [2.45, 2.75) is 25.3 Å². The van der Waals surface area contributed by atoms with Crippen LogP contribution < -0.4 is 0 Å². The summed E-state index contributed by atoms with van der Waals surface area (Å²) in [6, 6.07) is 0.699. The second kappa shape index (κ2) is 5.55. The van der Waals surface area contributed by atoms with Gasteiger partial charge in [0.25, 0.3) is 0 Å². The van der Waals surface area contributed by atoms with Crippen LogP contribution in [-0.4, -0.2) is 56.2 Å². The van der Waals surface area contributed by atoms with Gasteiger partial charge in [-0.2, -0.15) is 0 Å². The van der Waals surface area contributed by atoms with Crippen LogP contribution in [0.25, 0.3) is 0 Å². The minimum absolute atomic E-state index is 0.202. The molecule has 78 valence electrons. The summed E-state index contributed by atoms with van der Waals surface area (Å²) in [5, 5.41) is 0. The van der Waals surface area contributed by atoms with Crippen molar-refractivity contribution in [3.63, 3.8) is 0 Å². The van der Waals surface area contributed by atoms with Crippen LogP contribution in [0.15, 0.2) is 0 Å². The van der Waals surface area contributed by atoms with Crippen molar-refractivity contribution in [3.05, 3.63) is 0 Å². The van der Waals surface area contributed by atoms with Crippen molar-refractivity contribution in [2.24, 2.45) is 0 Å². The Morgan fingerprint density at radius 3 is 2.69 bits per heavy atom. The molecule has 13 heavy (non-hydrogen) atoms. The molecule has 0 amide bonds. The number of hydrogen-bond donors (Lipinski definition) is 0. The van der Waals surface area contributed by atoms with Gasteiger partial charge in [0, 0.05) is 12.6 Å². The molecule has 0 aromatic rings. The maximum atomic E-state index is 12.1. The summed E-state index contributed by atoms with van der Waals surface area (Å²) < 4.78 is 12.1. The Balaban J connectivity index is 2.30. The average Bonchev–Trinajstić information content (AvgIpc) is 2.30. The van der Waals surface area contributed by atoms with Gasteiger partial charge in [0.05, 0.1) is 0 Å². The molecule has 1 unspecified atom stereocenters. The third kappa shape index (κ3) is 3.61. The number of likely N-dealkylation sites (tertiary alicyclic amines) is 1. The summed E-state index contributed by atoms with van der Waals surface area (Å²) in [6.45, 7) is 2.56. The molecule has 0 aromatic carbocycles. The number of nitrogens with zero attached hydrogens (tertiary/aromatic N) is 2. The normalized spacial score (nSPS) is 26.3. The molecule has 0 spiro atoms. The molecule has 0 aliphatic carbocycles. The van der Waals surface area contributed by atoms with E-state index in [4.69, 9.17) is 0 Å². The maximum absolute atomic E-state index is 12.1. The predicted molar refractivity (Wildman–Crippen MR) is 53.7 cm³/mol. The van der Waals surface area contributed by atoms with Crippen LogP contribution in [0.4, 0.5) is 4.39 Å². The predicted octanol–water partition coefficient (Wildman–Crippen LogP) is 1.37. The van der Waals surface area contributed by atoms with Crippen molar-refractivity contribution in [1.29, 1.82) is 0 Å². The number of alkyl halides is 1. The summed E-state index contributed by atoms with van der Waals surface area (Å²) in [7, 11) is 4.27. The molecule has 0 N–H and O–H groups in total. The van der Waals surface area contributed by atoms with Gasteiger partial charge in [0.15, 0.2) is 0 Å². The van der Waals surface area contributed by atoms with Crippen molar-refractivity contribution in [3.8, 4) is 0 Å². The molecule has 1 rings (SSSR count). The summed E-state index contributed by atoms with van der Waals surface area (Å²) in [4.78, 5) is 4.53. The van der Waals surface area contributed by atoms with E-state index in [-0.39, 0.29) is 6.67 Å². The average molecular weight is 188 g/mol. The zero-order chi connectivity index (χ0) is 9.68. The summed E-state index contributed by atoms with van der Waals surface area (Å²) in [5.41, 5.74) is 0. The highest BCUT2D eigenvalue weighted by Gasteiger charge is 2.17. The Hall–Kier alpha value is -0.150. The van der Waals surface area contributed by atoms with Crippen molar-refractivity contribution < 1.29 is 4.39 Å². The summed E-state index contributed by atoms with van der Waals surface area (Å²) in [5.74, 6) is 0. The molecule has 1 heterocycles. The van der Waals surface area contributed by atoms with Gasteiger partial charge in [-0.25, -0.2) is 4.39 Å². The second-order valence-corrected chi connectivity index (χ2v) is 4.08. The van der Waals surface area contributed by atoms with Crippen LogP contribution in [0, 0.1) is 0 Å². The van der Waals surface area contributed by atoms with E-state index in [1.165, 1.54) is 19.3 Å². The van der Waals surface area contributed by atoms with Crippen LogP contribution in [0.1, 0.15) is 19.3 Å². The Kier molecular flexibility index (Phi) is 4.67. The van der Waals surface area contributed by atoms with Crippen LogP contribution in [0.5, 0.6) is 0 Å². The van der Waals surface area contributed by atoms with Gasteiger partial charge < -0.3 is 9.80 Å². The van der Waals surface area contributed by atoms with Gasteiger partial charge in [-0.05, 0) is 46.4 Å². The first-order chi connectivity index (χ1) is 6.24. The minimum Gasteiger partial charge on any atom is -0.306 e. The Morgan fingerprint density at radius 1 is 1.31 bits per heavy atom. The molecular formula is C10H21FN2. The first kappa shape index (κ1) is 10.9. The van der Waals surface area contributed by atoms with E-state index in [0.29, 0.717) is 12.6 Å². The van der Waals surface area contributed by atoms with Crippen molar-refractivity contribution in [2.75, 3.05) is 40.4 Å². The van der Waals surface area contributed by atoms with Crippen LogP contribution in [-0.2, 0) is 0 Å². The molecule has 0 radical (unpaired) electrons. The number of halogens is 1. The molecule has 1 fully saturated rings. The van der Waals surface area contributed by atoms with Gasteiger partial charge in [0.2, 0.25) is 0 Å². The van der Waals surface area contributed by atoms with E-state index in [0.717, 1.165) is 13.1 Å². The van der Waals surface area contributed by atoms with E-state index in [9.17, 15) is 4.39 Å². The van der Waals surface area contributed by atoms with Crippen LogP contribution in [0.2, 0.25) is 0 Å². The molecule has 0 bridgehead atoms. The standard InChI is InChI=1S/C10H21FN2/c1-12(2)10-4-3-7-13(8-5-10)9-6-11/h10H,3-9H2,1-2H3. The topological polar surface area (TPSA) is 6.48 Å². The highest BCUT2D eigenvalue weighted by molar-refractivity contribution is 4.74. The second-order valence-electron chi connectivity index (χ2n) is 4.08. The fraction of sp³-hybridized carbons (Fsp3) is 1.00. The van der Waals surface area contributed by atoms with Crippen molar-refractivity contribution >= 4 is 0 Å². The Bertz CT molecular complexity index is 139. The minimum atomic E-state index is -0.202. The van der Waals surface area contributed by atoms with Crippen LogP contribution >= 0.6 is 0 Å². The lowest BCUT2D eigenvalue weighted by Gasteiger charge is -2.22. The van der Waals surface area contributed by atoms with Gasteiger partial charge in [-0.1, -0.05) is 0 Å². The highest BCUT2D eigenvalue weighted by atomic mass is 19.1. The fourth-order valence-electron chi connectivity index (χ4n) is 2.00. The third-order valence-electron chi connectivity index (χ3n) is 2.92. The van der Waals surface area contributed by atoms with E-state index in [1.807, 2.05) is 0 Å². The number of rotatable bonds is 3. The monoisotopic (exact) mass is 188 g/mol. The third-order valence-corrected chi connectivity index (χ3v) is 2.92. The van der Waals surface area contributed by atoms with E-state index in [1.54, 1.807) is 0 Å². The highest BCUT2D eigenvalue weighted by Crippen LogP contribution is 2.14. The van der Waals surface area contributed by atoms with E-state index in [2.05, 4.69) is 23.9 Å². The zero-order valence-electron chi connectivity index (χ0n) is 8.80. The Morgan fingerprint density at radius 2 is 2.08 bits per heavy atom. The molecular weight excluding hydrogens is 167 g/mol. The molecule has 1 atom stereocenters. The first-order valence-corrected chi connectivity index (χ1v) is 5.19. The molecule has 3 heteroatoms. The maximum Gasteiger partial charge on any atom is 0.102 e. The quantitative estimate of drug-likeness (QED) is 0.660. The largest absolute Gasteiger partial charge is 0.306 e. The lowest BCUT2D eigenvalue weighted by atomic mass is 10.1. The smallest absolute Gasteiger partial charge is 0.102 e. The summed E-state index contributed by atoms with van der Waals surface area (Å²) >= 11 is 0. The van der Waals surface area contributed by atoms with Gasteiger partial charge >= 0.3 is 0 Å². The molecule has 0 aromatic heterocycles. The molecule has 2 nitrogen and oxygen atoms in total.